The molecule has 0 spiro atoms. The Bertz CT molecular complexity index is 643. The van der Waals surface area contributed by atoms with Crippen molar-refractivity contribution in [3.8, 4) is 0 Å². The minimum Gasteiger partial charge on any atom is -0.478 e. The number of carbonyl (C=O) groups is 2. The molecule has 2 aromatic rings. The number of anilines is 1. The van der Waals surface area contributed by atoms with E-state index in [1.165, 1.54) is 18.5 Å². The highest BCUT2D eigenvalue weighted by molar-refractivity contribution is 14.1. The van der Waals surface area contributed by atoms with Crippen LogP contribution in [0.1, 0.15) is 20.7 Å². The van der Waals surface area contributed by atoms with E-state index < -0.39 is 11.9 Å². The average Bonchev–Trinajstić information content (AvgIpc) is 2.38. The van der Waals surface area contributed by atoms with E-state index in [9.17, 15) is 9.59 Å². The highest BCUT2D eigenvalue weighted by atomic mass is 127. The molecular formula is C13H9IN2O3. The van der Waals surface area contributed by atoms with Crippen LogP contribution >= 0.6 is 22.6 Å². The van der Waals surface area contributed by atoms with Gasteiger partial charge in [-0.2, -0.15) is 0 Å². The largest absolute Gasteiger partial charge is 0.478 e. The lowest BCUT2D eigenvalue weighted by Crippen LogP contribution is -2.16. The zero-order valence-corrected chi connectivity index (χ0v) is 11.8. The van der Waals surface area contributed by atoms with Gasteiger partial charge < -0.3 is 10.4 Å². The Morgan fingerprint density at radius 2 is 2.00 bits per heavy atom. The summed E-state index contributed by atoms with van der Waals surface area (Å²) in [5.74, 6) is -1.65. The van der Waals surface area contributed by atoms with Gasteiger partial charge in [0.2, 0.25) is 0 Å². The smallest absolute Gasteiger partial charge is 0.336 e. The van der Waals surface area contributed by atoms with Gasteiger partial charge in [0.05, 0.1) is 11.1 Å². The molecule has 1 aromatic carbocycles. The van der Waals surface area contributed by atoms with Gasteiger partial charge in [0.1, 0.15) is 0 Å². The van der Waals surface area contributed by atoms with Crippen LogP contribution in [0.4, 0.5) is 5.69 Å². The molecule has 1 aromatic heterocycles. The molecule has 0 radical (unpaired) electrons. The van der Waals surface area contributed by atoms with Gasteiger partial charge in [-0.25, -0.2) is 4.79 Å². The van der Waals surface area contributed by atoms with Crippen molar-refractivity contribution in [1.29, 1.82) is 0 Å². The maximum atomic E-state index is 12.0. The molecule has 6 heteroatoms. The summed E-state index contributed by atoms with van der Waals surface area (Å²) in [5.41, 5.74) is 0.573. The second kappa shape index (κ2) is 5.79. The molecule has 5 nitrogen and oxygen atoms in total. The molecule has 0 fully saturated rings. The van der Waals surface area contributed by atoms with Crippen molar-refractivity contribution in [2.45, 2.75) is 0 Å². The summed E-state index contributed by atoms with van der Waals surface area (Å²) < 4.78 is 0.972. The summed E-state index contributed by atoms with van der Waals surface area (Å²) in [5, 5.41) is 11.7. The maximum absolute atomic E-state index is 12.0. The molecule has 0 saturated carbocycles. The van der Waals surface area contributed by atoms with E-state index in [0.29, 0.717) is 5.69 Å². The van der Waals surface area contributed by atoms with Gasteiger partial charge in [-0.1, -0.05) is 6.07 Å². The third-order valence-electron chi connectivity index (χ3n) is 2.38. The summed E-state index contributed by atoms with van der Waals surface area (Å²) in [6.45, 7) is 0. The fourth-order valence-electron chi connectivity index (χ4n) is 1.53. The molecule has 96 valence electrons. The first-order valence-electron chi connectivity index (χ1n) is 5.32. The summed E-state index contributed by atoms with van der Waals surface area (Å²) in [7, 11) is 0. The van der Waals surface area contributed by atoms with Crippen molar-refractivity contribution >= 4 is 40.2 Å². The molecule has 0 unspecified atom stereocenters. The number of carbonyl (C=O) groups excluding carboxylic acids is 1. The monoisotopic (exact) mass is 368 g/mol. The van der Waals surface area contributed by atoms with Gasteiger partial charge in [-0.05, 0) is 46.9 Å². The predicted molar refractivity (Wildman–Crippen MR) is 78.3 cm³/mol. The lowest BCUT2D eigenvalue weighted by Gasteiger charge is -2.07. The molecule has 0 bridgehead atoms. The minimum atomic E-state index is -1.16. The standard InChI is InChI=1S/C13H9IN2O3/c14-8-2-1-3-9(6-8)16-12(17)11-7-15-5-4-10(11)13(18)19/h1-7H,(H,16,17)(H,18,19). The van der Waals surface area contributed by atoms with Gasteiger partial charge in [-0.3, -0.25) is 9.78 Å². The fraction of sp³-hybridized carbons (Fsp3) is 0. The van der Waals surface area contributed by atoms with E-state index in [1.807, 2.05) is 6.07 Å². The van der Waals surface area contributed by atoms with E-state index >= 15 is 0 Å². The SMILES string of the molecule is O=C(O)c1ccncc1C(=O)Nc1cccc(I)c1. The third kappa shape index (κ3) is 3.28. The lowest BCUT2D eigenvalue weighted by molar-refractivity contribution is 0.0692. The first-order valence-corrected chi connectivity index (χ1v) is 6.40. The molecule has 0 aliphatic carbocycles. The molecule has 0 aliphatic rings. The Labute approximate surface area is 122 Å². The second-order valence-corrected chi connectivity index (χ2v) is 4.94. The molecule has 0 aliphatic heterocycles. The quantitative estimate of drug-likeness (QED) is 0.817. The summed E-state index contributed by atoms with van der Waals surface area (Å²) in [6.07, 6.45) is 2.58. The van der Waals surface area contributed by atoms with Crippen LogP contribution in [0.3, 0.4) is 0 Å². The molecule has 1 amide bonds. The number of nitrogens with one attached hydrogen (secondary N) is 1. The number of amides is 1. The minimum absolute atomic E-state index is 0.0360. The maximum Gasteiger partial charge on any atom is 0.336 e. The molecule has 2 N–H and O–H groups in total. The molecule has 19 heavy (non-hydrogen) atoms. The number of hydrogen-bond donors (Lipinski definition) is 2. The number of carboxylic acids is 1. The normalized spacial score (nSPS) is 9.95. The Hall–Kier alpha value is -1.96. The third-order valence-corrected chi connectivity index (χ3v) is 3.05. The van der Waals surface area contributed by atoms with E-state index in [-0.39, 0.29) is 11.1 Å². The first kappa shape index (κ1) is 13.5. The van der Waals surface area contributed by atoms with Crippen molar-refractivity contribution < 1.29 is 14.7 Å². The number of aromatic carboxylic acids is 1. The van der Waals surface area contributed by atoms with Crippen LogP contribution < -0.4 is 5.32 Å². The number of nitrogens with zero attached hydrogens (tertiary/aromatic N) is 1. The summed E-state index contributed by atoms with van der Waals surface area (Å²) >= 11 is 2.13. The van der Waals surface area contributed by atoms with Gasteiger partial charge in [0, 0.05) is 21.7 Å². The van der Waals surface area contributed by atoms with E-state index in [0.717, 1.165) is 3.57 Å². The van der Waals surface area contributed by atoms with Crippen molar-refractivity contribution in [3.05, 3.63) is 57.4 Å². The van der Waals surface area contributed by atoms with Crippen LogP contribution in [0.25, 0.3) is 0 Å². The van der Waals surface area contributed by atoms with Crippen molar-refractivity contribution in [2.75, 3.05) is 5.32 Å². The van der Waals surface area contributed by atoms with Crippen molar-refractivity contribution in [3.63, 3.8) is 0 Å². The Morgan fingerprint density at radius 1 is 1.21 bits per heavy atom. The highest BCUT2D eigenvalue weighted by Gasteiger charge is 2.16. The van der Waals surface area contributed by atoms with Gasteiger partial charge in [0.25, 0.3) is 5.91 Å². The Kier molecular flexibility index (Phi) is 4.10. The number of rotatable bonds is 3. The zero-order chi connectivity index (χ0) is 13.8. The van der Waals surface area contributed by atoms with E-state index in [1.54, 1.807) is 18.2 Å². The Balaban J connectivity index is 2.28. The van der Waals surface area contributed by atoms with Crippen LogP contribution in [0, 0.1) is 3.57 Å². The van der Waals surface area contributed by atoms with E-state index in [2.05, 4.69) is 32.9 Å². The fourth-order valence-corrected chi connectivity index (χ4v) is 2.07. The van der Waals surface area contributed by atoms with Gasteiger partial charge in [0.15, 0.2) is 0 Å². The Morgan fingerprint density at radius 3 is 2.68 bits per heavy atom. The molecule has 0 saturated heterocycles. The topological polar surface area (TPSA) is 79.3 Å². The first-order chi connectivity index (χ1) is 9.08. The summed E-state index contributed by atoms with van der Waals surface area (Å²) in [6, 6.07) is 8.51. The number of halogens is 1. The second-order valence-electron chi connectivity index (χ2n) is 3.69. The molecule has 2 rings (SSSR count). The van der Waals surface area contributed by atoms with Crippen LogP contribution in [-0.2, 0) is 0 Å². The summed E-state index contributed by atoms with van der Waals surface area (Å²) in [4.78, 5) is 26.8. The number of hydrogen-bond acceptors (Lipinski definition) is 3. The van der Waals surface area contributed by atoms with E-state index in [4.69, 9.17) is 5.11 Å². The predicted octanol–water partition coefficient (Wildman–Crippen LogP) is 2.64. The van der Waals surface area contributed by atoms with Crippen LogP contribution in [0.2, 0.25) is 0 Å². The highest BCUT2D eigenvalue weighted by Crippen LogP contribution is 2.15. The number of aromatic nitrogens is 1. The number of benzene rings is 1. The lowest BCUT2D eigenvalue weighted by atomic mass is 10.1. The van der Waals surface area contributed by atoms with Crippen LogP contribution in [0.5, 0.6) is 0 Å². The van der Waals surface area contributed by atoms with Crippen molar-refractivity contribution in [2.24, 2.45) is 0 Å². The number of carboxylic acid groups (broad SMARTS) is 1. The van der Waals surface area contributed by atoms with Crippen LogP contribution in [0.15, 0.2) is 42.7 Å². The zero-order valence-electron chi connectivity index (χ0n) is 9.63. The van der Waals surface area contributed by atoms with Crippen molar-refractivity contribution in [1.82, 2.24) is 4.98 Å². The van der Waals surface area contributed by atoms with Gasteiger partial charge >= 0.3 is 5.97 Å². The molecule has 1 heterocycles. The molecular weight excluding hydrogens is 359 g/mol. The van der Waals surface area contributed by atoms with Crippen LogP contribution in [-0.4, -0.2) is 22.0 Å². The molecule has 0 atom stereocenters. The number of pyridine rings is 1. The average molecular weight is 368 g/mol. The van der Waals surface area contributed by atoms with Gasteiger partial charge in [-0.15, -0.1) is 0 Å².